The Labute approximate surface area is 189 Å². The molecule has 0 aliphatic carbocycles. The van der Waals surface area contributed by atoms with Gasteiger partial charge in [-0.15, -0.1) is 0 Å². The Hall–Kier alpha value is -3.16. The van der Waals surface area contributed by atoms with E-state index in [-0.39, 0.29) is 30.0 Å². The first-order chi connectivity index (χ1) is 15.4. The minimum atomic E-state index is -0.196. The van der Waals surface area contributed by atoms with Crippen LogP contribution in [0.3, 0.4) is 0 Å². The zero-order chi connectivity index (χ0) is 23.1. The van der Waals surface area contributed by atoms with Crippen molar-refractivity contribution in [3.63, 3.8) is 0 Å². The molecule has 1 aromatic heterocycles. The predicted molar refractivity (Wildman–Crippen MR) is 121 cm³/mol. The molecule has 1 fully saturated rings. The van der Waals surface area contributed by atoms with Crippen LogP contribution in [0.2, 0.25) is 0 Å². The summed E-state index contributed by atoms with van der Waals surface area (Å²) in [6.45, 7) is 7.33. The molecule has 1 aliphatic heterocycles. The highest BCUT2D eigenvalue weighted by molar-refractivity contribution is 5.79. The minimum Gasteiger partial charge on any atom is -0.493 e. The number of amides is 3. The third-order valence-electron chi connectivity index (χ3n) is 5.56. The summed E-state index contributed by atoms with van der Waals surface area (Å²) in [7, 11) is 1.60. The van der Waals surface area contributed by atoms with Crippen LogP contribution < -0.4 is 20.1 Å². The van der Waals surface area contributed by atoms with Gasteiger partial charge in [0.1, 0.15) is 5.76 Å². The molecular formula is C24H33N3O5. The molecule has 1 aliphatic rings. The molecule has 32 heavy (non-hydrogen) atoms. The van der Waals surface area contributed by atoms with E-state index in [2.05, 4.69) is 10.6 Å². The van der Waals surface area contributed by atoms with E-state index in [0.29, 0.717) is 44.0 Å². The molecule has 1 unspecified atom stereocenters. The van der Waals surface area contributed by atoms with Crippen molar-refractivity contribution >= 4 is 11.9 Å². The van der Waals surface area contributed by atoms with E-state index in [9.17, 15) is 9.59 Å². The van der Waals surface area contributed by atoms with Gasteiger partial charge in [-0.05, 0) is 63.4 Å². The number of piperidine rings is 1. The molecule has 0 spiro atoms. The molecular weight excluding hydrogens is 410 g/mol. The fourth-order valence-corrected chi connectivity index (χ4v) is 3.74. The highest BCUT2D eigenvalue weighted by Crippen LogP contribution is 2.31. The zero-order valence-corrected chi connectivity index (χ0v) is 19.2. The van der Waals surface area contributed by atoms with Gasteiger partial charge in [-0.1, -0.05) is 6.07 Å². The molecule has 2 N–H and O–H groups in total. The molecule has 2 aromatic rings. The zero-order valence-electron chi connectivity index (χ0n) is 19.2. The van der Waals surface area contributed by atoms with Crippen LogP contribution in [0.1, 0.15) is 51.0 Å². The number of nitrogens with zero attached hydrogens (tertiary/aromatic N) is 1. The van der Waals surface area contributed by atoms with Crippen LogP contribution >= 0.6 is 0 Å². The van der Waals surface area contributed by atoms with Crippen LogP contribution in [0.25, 0.3) is 0 Å². The van der Waals surface area contributed by atoms with E-state index < -0.39 is 0 Å². The first kappa shape index (κ1) is 23.5. The summed E-state index contributed by atoms with van der Waals surface area (Å²) in [6, 6.07) is 8.98. The summed E-state index contributed by atoms with van der Waals surface area (Å²) in [5.41, 5.74) is 0.929. The van der Waals surface area contributed by atoms with Crippen LogP contribution in [-0.4, -0.2) is 43.1 Å². The number of benzene rings is 1. The Morgan fingerprint density at radius 3 is 2.53 bits per heavy atom. The Morgan fingerprint density at radius 1 is 1.16 bits per heavy atom. The average Bonchev–Trinajstić information content (AvgIpc) is 3.31. The number of ether oxygens (including phenoxy) is 2. The topological polar surface area (TPSA) is 93.0 Å². The van der Waals surface area contributed by atoms with Crippen molar-refractivity contribution < 1.29 is 23.5 Å². The number of hydrogen-bond acceptors (Lipinski definition) is 5. The van der Waals surface area contributed by atoms with Crippen LogP contribution in [0, 0.1) is 5.92 Å². The SMILES string of the molecule is COc1cc(C(C)NC(=O)N2CCC(C(=O)NCc3ccco3)CC2)ccc1OC(C)C. The minimum absolute atomic E-state index is 0.00521. The van der Waals surface area contributed by atoms with Gasteiger partial charge in [0, 0.05) is 19.0 Å². The molecule has 0 bridgehead atoms. The van der Waals surface area contributed by atoms with Gasteiger partial charge < -0.3 is 29.4 Å². The van der Waals surface area contributed by atoms with Crippen molar-refractivity contribution in [1.29, 1.82) is 0 Å². The number of nitrogens with one attached hydrogen (secondary N) is 2. The molecule has 0 radical (unpaired) electrons. The lowest BCUT2D eigenvalue weighted by atomic mass is 9.96. The molecule has 3 rings (SSSR count). The summed E-state index contributed by atoms with van der Waals surface area (Å²) in [5.74, 6) is 1.95. The summed E-state index contributed by atoms with van der Waals surface area (Å²) in [4.78, 5) is 26.9. The first-order valence-electron chi connectivity index (χ1n) is 11.1. The van der Waals surface area contributed by atoms with Crippen molar-refractivity contribution in [2.24, 2.45) is 5.92 Å². The van der Waals surface area contributed by atoms with Gasteiger partial charge in [-0.2, -0.15) is 0 Å². The molecule has 3 amide bonds. The van der Waals surface area contributed by atoms with E-state index >= 15 is 0 Å². The average molecular weight is 444 g/mol. The monoisotopic (exact) mass is 443 g/mol. The van der Waals surface area contributed by atoms with Crippen LogP contribution in [0.4, 0.5) is 4.79 Å². The number of furan rings is 1. The van der Waals surface area contributed by atoms with E-state index in [4.69, 9.17) is 13.9 Å². The Balaban J connectivity index is 1.48. The van der Waals surface area contributed by atoms with Gasteiger partial charge in [0.05, 0.1) is 32.1 Å². The second-order valence-electron chi connectivity index (χ2n) is 8.31. The smallest absolute Gasteiger partial charge is 0.317 e. The Kier molecular flexibility index (Phi) is 8.03. The molecule has 8 nitrogen and oxygen atoms in total. The number of carbonyl (C=O) groups is 2. The third kappa shape index (κ3) is 6.18. The molecule has 1 aromatic carbocycles. The maximum absolute atomic E-state index is 12.8. The summed E-state index contributed by atoms with van der Waals surface area (Å²) < 4.78 is 16.4. The second-order valence-corrected chi connectivity index (χ2v) is 8.31. The lowest BCUT2D eigenvalue weighted by Gasteiger charge is -2.32. The van der Waals surface area contributed by atoms with Gasteiger partial charge in [-0.25, -0.2) is 4.79 Å². The Bertz CT molecular complexity index is 889. The number of likely N-dealkylation sites (tertiary alicyclic amines) is 1. The summed E-state index contributed by atoms with van der Waals surface area (Å²) >= 11 is 0. The van der Waals surface area contributed by atoms with E-state index in [0.717, 1.165) is 11.3 Å². The third-order valence-corrected chi connectivity index (χ3v) is 5.56. The first-order valence-corrected chi connectivity index (χ1v) is 11.1. The molecule has 174 valence electrons. The molecule has 0 saturated carbocycles. The van der Waals surface area contributed by atoms with Gasteiger partial charge in [0.2, 0.25) is 5.91 Å². The number of hydrogen-bond donors (Lipinski definition) is 2. The van der Waals surface area contributed by atoms with E-state index in [1.165, 1.54) is 0 Å². The van der Waals surface area contributed by atoms with Crippen molar-refractivity contribution in [2.75, 3.05) is 20.2 Å². The lowest BCUT2D eigenvalue weighted by molar-refractivity contribution is -0.126. The largest absolute Gasteiger partial charge is 0.493 e. The normalized spacial score (nSPS) is 15.3. The number of rotatable bonds is 8. The fourth-order valence-electron chi connectivity index (χ4n) is 3.74. The summed E-state index contributed by atoms with van der Waals surface area (Å²) in [5, 5.41) is 5.95. The maximum Gasteiger partial charge on any atom is 0.317 e. The second kappa shape index (κ2) is 10.9. The van der Waals surface area contributed by atoms with Crippen molar-refractivity contribution in [3.05, 3.63) is 47.9 Å². The van der Waals surface area contributed by atoms with Gasteiger partial charge in [0.25, 0.3) is 0 Å². The number of carbonyl (C=O) groups excluding carboxylic acids is 2. The van der Waals surface area contributed by atoms with Crippen molar-refractivity contribution in [1.82, 2.24) is 15.5 Å². The summed E-state index contributed by atoms with van der Waals surface area (Å²) in [6.07, 6.45) is 2.91. The van der Waals surface area contributed by atoms with Crippen molar-refractivity contribution in [2.45, 2.75) is 52.3 Å². The van der Waals surface area contributed by atoms with Crippen LogP contribution in [0.15, 0.2) is 41.0 Å². The number of urea groups is 1. The van der Waals surface area contributed by atoms with E-state index in [1.807, 2.05) is 45.0 Å². The molecule has 1 saturated heterocycles. The van der Waals surface area contributed by atoms with Crippen molar-refractivity contribution in [3.8, 4) is 11.5 Å². The van der Waals surface area contributed by atoms with Crippen LogP contribution in [-0.2, 0) is 11.3 Å². The lowest BCUT2D eigenvalue weighted by Crippen LogP contribution is -2.47. The van der Waals surface area contributed by atoms with Gasteiger partial charge in [-0.3, -0.25) is 4.79 Å². The van der Waals surface area contributed by atoms with Gasteiger partial charge >= 0.3 is 6.03 Å². The quantitative estimate of drug-likeness (QED) is 0.646. The molecule has 1 atom stereocenters. The standard InChI is InChI=1S/C24H33N3O5/c1-16(2)32-21-8-7-19(14-22(21)30-4)17(3)26-24(29)27-11-9-18(10-12-27)23(28)25-15-20-6-5-13-31-20/h5-8,13-14,16-18H,9-12,15H2,1-4H3,(H,25,28)(H,26,29). The van der Waals surface area contributed by atoms with Crippen LogP contribution in [0.5, 0.6) is 11.5 Å². The highest BCUT2D eigenvalue weighted by Gasteiger charge is 2.28. The van der Waals surface area contributed by atoms with Gasteiger partial charge in [0.15, 0.2) is 11.5 Å². The highest BCUT2D eigenvalue weighted by atomic mass is 16.5. The van der Waals surface area contributed by atoms with E-state index in [1.54, 1.807) is 24.3 Å². The molecule has 2 heterocycles. The Morgan fingerprint density at radius 2 is 1.91 bits per heavy atom. The maximum atomic E-state index is 12.8. The predicted octanol–water partition coefficient (Wildman–Crippen LogP) is 3.87. The number of methoxy groups -OCH3 is 1. The molecule has 8 heteroatoms. The fraction of sp³-hybridized carbons (Fsp3) is 0.500.